The van der Waals surface area contributed by atoms with Gasteiger partial charge in [0.15, 0.2) is 0 Å². The van der Waals surface area contributed by atoms with Crippen molar-refractivity contribution in [3.05, 3.63) is 36.0 Å². The Balaban J connectivity index is 2.15. The molecule has 0 saturated carbocycles. The normalized spacial score (nSPS) is 14.4. The molecule has 1 aromatic heterocycles. The largest absolute Gasteiger partial charge is 0.480 e. The standard InChI is InChI=1S/C22H30N6O6S/c1-11(26-20(31)14(23)6-7-18(24)29)19(30)27-16(21(32)28-17(10-35)22(33)34)8-12-9-25-15-5-3-2-4-13(12)15/h2-5,9,11,14,16-17,25,35H,6-8,10,23H2,1H3,(H2,24,29)(H,26,31)(H,27,30)(H,28,32)(H,33,34). The van der Waals surface area contributed by atoms with Crippen LogP contribution in [0.2, 0.25) is 0 Å². The molecular formula is C22H30N6O6S. The first kappa shape index (κ1) is 27.7. The van der Waals surface area contributed by atoms with E-state index in [2.05, 4.69) is 33.6 Å². The molecule has 4 amide bonds. The highest BCUT2D eigenvalue weighted by Gasteiger charge is 2.29. The number of carboxylic acids is 1. The van der Waals surface area contributed by atoms with Crippen LogP contribution in [0, 0.1) is 0 Å². The van der Waals surface area contributed by atoms with Gasteiger partial charge in [0.2, 0.25) is 23.6 Å². The van der Waals surface area contributed by atoms with E-state index in [0.29, 0.717) is 0 Å². The molecule has 0 radical (unpaired) electrons. The number of thiol groups is 1. The molecule has 4 atom stereocenters. The van der Waals surface area contributed by atoms with Crippen LogP contribution >= 0.6 is 12.6 Å². The van der Waals surface area contributed by atoms with Crippen LogP contribution in [0.15, 0.2) is 30.5 Å². The lowest BCUT2D eigenvalue weighted by Gasteiger charge is -2.23. The second kappa shape index (κ2) is 12.8. The number of aromatic amines is 1. The first-order valence-electron chi connectivity index (χ1n) is 10.9. The number of hydrogen-bond donors (Lipinski definition) is 8. The summed E-state index contributed by atoms with van der Waals surface area (Å²) in [5.41, 5.74) is 12.3. The zero-order valence-corrected chi connectivity index (χ0v) is 20.0. The summed E-state index contributed by atoms with van der Waals surface area (Å²) >= 11 is 3.95. The third-order valence-corrected chi connectivity index (χ3v) is 5.68. The molecule has 0 spiro atoms. The van der Waals surface area contributed by atoms with E-state index in [-0.39, 0.29) is 25.0 Å². The Morgan fingerprint density at radius 1 is 1.03 bits per heavy atom. The van der Waals surface area contributed by atoms with Gasteiger partial charge in [-0.2, -0.15) is 12.6 Å². The van der Waals surface area contributed by atoms with Crippen molar-refractivity contribution in [1.29, 1.82) is 0 Å². The van der Waals surface area contributed by atoms with Gasteiger partial charge >= 0.3 is 5.97 Å². The monoisotopic (exact) mass is 506 g/mol. The van der Waals surface area contributed by atoms with Crippen LogP contribution < -0.4 is 27.4 Å². The number of primary amides is 1. The molecule has 0 aliphatic rings. The highest BCUT2D eigenvalue weighted by Crippen LogP contribution is 2.19. The number of para-hydroxylation sites is 1. The quantitative estimate of drug-likeness (QED) is 0.155. The van der Waals surface area contributed by atoms with E-state index >= 15 is 0 Å². The SMILES string of the molecule is CC(NC(=O)C(N)CCC(N)=O)C(=O)NC(Cc1c[nH]c2ccccc12)C(=O)NC(CS)C(=O)O. The van der Waals surface area contributed by atoms with Gasteiger partial charge < -0.3 is 37.5 Å². The number of aliphatic carboxylic acids is 1. The number of benzene rings is 1. The Bertz CT molecular complexity index is 1090. The fourth-order valence-corrected chi connectivity index (χ4v) is 3.55. The second-order valence-electron chi connectivity index (χ2n) is 8.05. The van der Waals surface area contributed by atoms with Crippen molar-refractivity contribution in [2.75, 3.05) is 5.75 Å². The molecule has 1 heterocycles. The topological polar surface area (TPSA) is 209 Å². The van der Waals surface area contributed by atoms with Crippen LogP contribution in [-0.2, 0) is 30.4 Å². The number of carboxylic acid groups (broad SMARTS) is 1. The van der Waals surface area contributed by atoms with E-state index in [1.807, 2.05) is 24.3 Å². The Kier molecular flexibility index (Phi) is 10.1. The van der Waals surface area contributed by atoms with Crippen molar-refractivity contribution in [3.8, 4) is 0 Å². The number of H-pyrrole nitrogens is 1. The number of carbonyl (C=O) groups excluding carboxylic acids is 4. The molecular weight excluding hydrogens is 476 g/mol. The van der Waals surface area contributed by atoms with Crippen LogP contribution in [0.4, 0.5) is 0 Å². The van der Waals surface area contributed by atoms with Gasteiger partial charge in [0.1, 0.15) is 18.1 Å². The fraction of sp³-hybridized carbons (Fsp3) is 0.409. The minimum Gasteiger partial charge on any atom is -0.480 e. The second-order valence-corrected chi connectivity index (χ2v) is 8.41. The lowest BCUT2D eigenvalue weighted by molar-refractivity contribution is -0.141. The molecule has 190 valence electrons. The molecule has 0 saturated heterocycles. The molecule has 2 aromatic rings. The summed E-state index contributed by atoms with van der Waals surface area (Å²) in [6, 6.07) is 2.86. The van der Waals surface area contributed by atoms with Crippen LogP contribution in [0.25, 0.3) is 10.9 Å². The summed E-state index contributed by atoms with van der Waals surface area (Å²) in [4.78, 5) is 63.3. The highest BCUT2D eigenvalue weighted by atomic mass is 32.1. The maximum absolute atomic E-state index is 12.9. The molecule has 0 aliphatic heterocycles. The van der Waals surface area contributed by atoms with Crippen LogP contribution in [-0.4, -0.2) is 69.6 Å². The Hall–Kier alpha value is -3.58. The van der Waals surface area contributed by atoms with E-state index in [1.165, 1.54) is 6.92 Å². The smallest absolute Gasteiger partial charge is 0.327 e. The third kappa shape index (κ3) is 8.00. The molecule has 35 heavy (non-hydrogen) atoms. The van der Waals surface area contributed by atoms with Gasteiger partial charge in [-0.15, -0.1) is 0 Å². The summed E-state index contributed by atoms with van der Waals surface area (Å²) in [7, 11) is 0. The van der Waals surface area contributed by atoms with Crippen LogP contribution in [0.3, 0.4) is 0 Å². The maximum Gasteiger partial charge on any atom is 0.327 e. The van der Waals surface area contributed by atoms with Gasteiger partial charge in [0.05, 0.1) is 6.04 Å². The summed E-state index contributed by atoms with van der Waals surface area (Å²) in [5.74, 6) is -4.08. The van der Waals surface area contributed by atoms with Gasteiger partial charge in [-0.25, -0.2) is 4.79 Å². The van der Waals surface area contributed by atoms with E-state index in [9.17, 15) is 29.1 Å². The molecule has 13 heteroatoms. The van der Waals surface area contributed by atoms with Gasteiger partial charge in [0, 0.05) is 35.7 Å². The number of carbonyl (C=O) groups is 5. The van der Waals surface area contributed by atoms with Crippen molar-refractivity contribution < 1.29 is 29.1 Å². The molecule has 9 N–H and O–H groups in total. The molecule has 1 aromatic carbocycles. The molecule has 0 fully saturated rings. The number of nitrogens with two attached hydrogens (primary N) is 2. The van der Waals surface area contributed by atoms with Gasteiger partial charge in [0.25, 0.3) is 0 Å². The molecule has 2 rings (SSSR count). The van der Waals surface area contributed by atoms with E-state index in [0.717, 1.165) is 16.5 Å². The summed E-state index contributed by atoms with van der Waals surface area (Å²) in [6.07, 6.45) is 1.69. The first-order valence-corrected chi connectivity index (χ1v) is 11.5. The van der Waals surface area contributed by atoms with Crippen LogP contribution in [0.1, 0.15) is 25.3 Å². The Morgan fingerprint density at radius 2 is 1.69 bits per heavy atom. The number of amides is 4. The third-order valence-electron chi connectivity index (χ3n) is 5.32. The molecule has 4 unspecified atom stereocenters. The van der Waals surface area contributed by atoms with Crippen molar-refractivity contribution in [3.63, 3.8) is 0 Å². The Morgan fingerprint density at radius 3 is 2.31 bits per heavy atom. The van der Waals surface area contributed by atoms with Gasteiger partial charge in [-0.1, -0.05) is 18.2 Å². The number of fused-ring (bicyclic) bond motifs is 1. The van der Waals surface area contributed by atoms with Crippen molar-refractivity contribution >= 4 is 53.1 Å². The molecule has 0 aliphatic carbocycles. The molecule has 0 bridgehead atoms. The minimum absolute atomic E-state index is 0.0153. The lowest BCUT2D eigenvalue weighted by Crippen LogP contribution is -2.57. The zero-order chi connectivity index (χ0) is 26.1. The average Bonchev–Trinajstić information content (AvgIpc) is 3.22. The van der Waals surface area contributed by atoms with E-state index < -0.39 is 53.8 Å². The van der Waals surface area contributed by atoms with E-state index in [1.54, 1.807) is 6.20 Å². The Labute approximate surface area is 207 Å². The first-order chi connectivity index (χ1) is 16.5. The summed E-state index contributed by atoms with van der Waals surface area (Å²) < 4.78 is 0. The van der Waals surface area contributed by atoms with Crippen molar-refractivity contribution in [1.82, 2.24) is 20.9 Å². The number of aromatic nitrogens is 1. The predicted molar refractivity (Wildman–Crippen MR) is 131 cm³/mol. The highest BCUT2D eigenvalue weighted by molar-refractivity contribution is 7.80. The average molecular weight is 507 g/mol. The van der Waals surface area contributed by atoms with Gasteiger partial charge in [-0.05, 0) is 25.0 Å². The number of nitrogens with one attached hydrogen (secondary N) is 4. The zero-order valence-electron chi connectivity index (χ0n) is 19.1. The molecule has 12 nitrogen and oxygen atoms in total. The number of rotatable bonds is 13. The van der Waals surface area contributed by atoms with Crippen molar-refractivity contribution in [2.45, 2.75) is 50.4 Å². The van der Waals surface area contributed by atoms with E-state index in [4.69, 9.17) is 11.5 Å². The minimum atomic E-state index is -1.27. The van der Waals surface area contributed by atoms with Gasteiger partial charge in [-0.3, -0.25) is 19.2 Å². The lowest BCUT2D eigenvalue weighted by atomic mass is 10.0. The number of hydrogen-bond acceptors (Lipinski definition) is 7. The predicted octanol–water partition coefficient (Wildman–Crippen LogP) is -1.21. The fourth-order valence-electron chi connectivity index (χ4n) is 3.30. The maximum atomic E-state index is 12.9. The van der Waals surface area contributed by atoms with Crippen molar-refractivity contribution in [2.24, 2.45) is 11.5 Å². The summed E-state index contributed by atoms with van der Waals surface area (Å²) in [6.45, 7) is 1.41. The van der Waals surface area contributed by atoms with Crippen LogP contribution in [0.5, 0.6) is 0 Å². The summed E-state index contributed by atoms with van der Waals surface area (Å²) in [5, 5.41) is 17.5.